The van der Waals surface area contributed by atoms with Gasteiger partial charge in [0.2, 0.25) is 11.7 Å². The van der Waals surface area contributed by atoms with Crippen LogP contribution >= 0.6 is 15.9 Å². The van der Waals surface area contributed by atoms with Crippen LogP contribution in [0.15, 0.2) is 33.2 Å². The van der Waals surface area contributed by atoms with Gasteiger partial charge in [0, 0.05) is 10.0 Å². The van der Waals surface area contributed by atoms with Gasteiger partial charge in [-0.25, -0.2) is 9.78 Å². The smallest absolute Gasteiger partial charge is 0.376 e. The molecule has 0 spiro atoms. The van der Waals surface area contributed by atoms with Gasteiger partial charge in [-0.3, -0.25) is 0 Å². The summed E-state index contributed by atoms with van der Waals surface area (Å²) in [6.07, 6.45) is 0. The van der Waals surface area contributed by atoms with E-state index in [4.69, 9.17) is 9.15 Å². The second-order valence-electron chi connectivity index (χ2n) is 4.62. The van der Waals surface area contributed by atoms with Crippen LogP contribution in [-0.4, -0.2) is 17.6 Å². The minimum atomic E-state index is -0.468. The molecule has 0 fully saturated rings. The summed E-state index contributed by atoms with van der Waals surface area (Å²) in [5.74, 6) is 0.235. The van der Waals surface area contributed by atoms with E-state index >= 15 is 0 Å². The second kappa shape index (κ2) is 6.22. The van der Waals surface area contributed by atoms with E-state index in [1.807, 2.05) is 38.1 Å². The topological polar surface area (TPSA) is 52.3 Å². The summed E-state index contributed by atoms with van der Waals surface area (Å²) >= 11 is 3.41. The van der Waals surface area contributed by atoms with Gasteiger partial charge in [-0.1, -0.05) is 35.8 Å². The third kappa shape index (κ3) is 3.10. The number of esters is 1. The Morgan fingerprint density at radius 1 is 1.45 bits per heavy atom. The number of aromatic nitrogens is 1. The Balaban J connectivity index is 2.46. The van der Waals surface area contributed by atoms with Crippen LogP contribution in [0.4, 0.5) is 0 Å². The van der Waals surface area contributed by atoms with Crippen molar-refractivity contribution in [3.63, 3.8) is 0 Å². The van der Waals surface area contributed by atoms with Gasteiger partial charge >= 0.3 is 5.97 Å². The Morgan fingerprint density at radius 2 is 2.20 bits per heavy atom. The van der Waals surface area contributed by atoms with Crippen LogP contribution in [0.5, 0.6) is 0 Å². The van der Waals surface area contributed by atoms with Crippen molar-refractivity contribution in [1.29, 1.82) is 0 Å². The molecular formula is C15H16BrNO3. The van der Waals surface area contributed by atoms with Crippen molar-refractivity contribution in [2.24, 2.45) is 0 Å². The molecule has 2 aromatic rings. The molecule has 0 aliphatic rings. The number of oxazole rings is 1. The molecule has 106 valence electrons. The molecule has 2 rings (SSSR count). The Hall–Kier alpha value is -1.62. The molecule has 0 amide bonds. The summed E-state index contributed by atoms with van der Waals surface area (Å²) in [6, 6.07) is 7.59. The summed E-state index contributed by atoms with van der Waals surface area (Å²) in [7, 11) is 0. The standard InChI is InChI=1S/C15H16BrNO3/c1-4-19-15(18)13-12(9(2)3)17-14(20-13)10-6-5-7-11(16)8-10/h5-9H,4H2,1-3H3. The van der Waals surface area contributed by atoms with Crippen molar-refractivity contribution < 1.29 is 13.9 Å². The maximum Gasteiger partial charge on any atom is 0.376 e. The Kier molecular flexibility index (Phi) is 4.60. The number of rotatable bonds is 4. The van der Waals surface area contributed by atoms with Gasteiger partial charge in [0.15, 0.2) is 0 Å². The first kappa shape index (κ1) is 14.8. The lowest BCUT2D eigenvalue weighted by molar-refractivity contribution is 0.0488. The Morgan fingerprint density at radius 3 is 2.80 bits per heavy atom. The molecule has 20 heavy (non-hydrogen) atoms. The fraction of sp³-hybridized carbons (Fsp3) is 0.333. The summed E-state index contributed by atoms with van der Waals surface area (Å²) in [6.45, 7) is 6.00. The number of benzene rings is 1. The molecule has 0 saturated carbocycles. The van der Waals surface area contributed by atoms with E-state index in [-0.39, 0.29) is 11.7 Å². The van der Waals surface area contributed by atoms with E-state index in [9.17, 15) is 4.79 Å². The Labute approximate surface area is 126 Å². The predicted octanol–water partition coefficient (Wildman–Crippen LogP) is 4.40. The van der Waals surface area contributed by atoms with E-state index in [1.54, 1.807) is 6.92 Å². The molecule has 0 bridgehead atoms. The first-order chi connectivity index (χ1) is 9.52. The minimum absolute atomic E-state index is 0.0825. The van der Waals surface area contributed by atoms with Gasteiger partial charge < -0.3 is 9.15 Å². The van der Waals surface area contributed by atoms with E-state index in [0.29, 0.717) is 18.2 Å². The lowest BCUT2D eigenvalue weighted by Crippen LogP contribution is -2.07. The minimum Gasteiger partial charge on any atom is -0.460 e. The lowest BCUT2D eigenvalue weighted by Gasteiger charge is -2.02. The highest BCUT2D eigenvalue weighted by Gasteiger charge is 2.24. The number of hydrogen-bond donors (Lipinski definition) is 0. The highest BCUT2D eigenvalue weighted by atomic mass is 79.9. The van der Waals surface area contributed by atoms with Gasteiger partial charge in [0.25, 0.3) is 0 Å². The summed E-state index contributed by atoms with van der Waals surface area (Å²) in [4.78, 5) is 16.4. The van der Waals surface area contributed by atoms with Crippen molar-refractivity contribution in [1.82, 2.24) is 4.98 Å². The average Bonchev–Trinajstić information content (AvgIpc) is 2.84. The number of hydrogen-bond acceptors (Lipinski definition) is 4. The molecule has 0 unspecified atom stereocenters. The van der Waals surface area contributed by atoms with Crippen LogP contribution in [0.2, 0.25) is 0 Å². The van der Waals surface area contributed by atoms with Gasteiger partial charge in [-0.2, -0.15) is 0 Å². The first-order valence-electron chi connectivity index (χ1n) is 6.46. The quantitative estimate of drug-likeness (QED) is 0.775. The molecular weight excluding hydrogens is 322 g/mol. The fourth-order valence-corrected chi connectivity index (χ4v) is 2.21. The van der Waals surface area contributed by atoms with Crippen molar-refractivity contribution >= 4 is 21.9 Å². The average molecular weight is 338 g/mol. The zero-order valence-electron chi connectivity index (χ0n) is 11.6. The first-order valence-corrected chi connectivity index (χ1v) is 7.26. The highest BCUT2D eigenvalue weighted by molar-refractivity contribution is 9.10. The van der Waals surface area contributed by atoms with Crippen molar-refractivity contribution in [3.05, 3.63) is 40.2 Å². The molecule has 5 heteroatoms. The van der Waals surface area contributed by atoms with Crippen molar-refractivity contribution in [3.8, 4) is 11.5 Å². The molecule has 0 aliphatic heterocycles. The van der Waals surface area contributed by atoms with E-state index < -0.39 is 5.97 Å². The normalized spacial score (nSPS) is 10.8. The lowest BCUT2D eigenvalue weighted by atomic mass is 10.1. The van der Waals surface area contributed by atoms with Crippen LogP contribution < -0.4 is 0 Å². The number of carbonyl (C=O) groups excluding carboxylic acids is 1. The van der Waals surface area contributed by atoms with Crippen LogP contribution in [0.1, 0.15) is 42.9 Å². The van der Waals surface area contributed by atoms with Gasteiger partial charge in [0.1, 0.15) is 0 Å². The monoisotopic (exact) mass is 337 g/mol. The van der Waals surface area contributed by atoms with E-state index in [2.05, 4.69) is 20.9 Å². The summed E-state index contributed by atoms with van der Waals surface area (Å²) < 4.78 is 11.6. The maximum atomic E-state index is 11.9. The zero-order chi connectivity index (χ0) is 14.7. The molecule has 0 aliphatic carbocycles. The molecule has 4 nitrogen and oxygen atoms in total. The second-order valence-corrected chi connectivity index (χ2v) is 5.53. The highest BCUT2D eigenvalue weighted by Crippen LogP contribution is 2.28. The van der Waals surface area contributed by atoms with E-state index in [0.717, 1.165) is 10.0 Å². The molecule has 1 aromatic heterocycles. The van der Waals surface area contributed by atoms with Crippen LogP contribution in [0.3, 0.4) is 0 Å². The summed E-state index contributed by atoms with van der Waals surface area (Å²) in [5.41, 5.74) is 1.44. The number of carbonyl (C=O) groups is 1. The predicted molar refractivity (Wildman–Crippen MR) is 79.7 cm³/mol. The fourth-order valence-electron chi connectivity index (χ4n) is 1.81. The van der Waals surface area contributed by atoms with Crippen LogP contribution in [0.25, 0.3) is 11.5 Å². The summed E-state index contributed by atoms with van der Waals surface area (Å²) in [5, 5.41) is 0. The van der Waals surface area contributed by atoms with Crippen LogP contribution in [-0.2, 0) is 4.74 Å². The molecule has 0 radical (unpaired) electrons. The maximum absolute atomic E-state index is 11.9. The molecule has 0 saturated heterocycles. The van der Waals surface area contributed by atoms with Crippen molar-refractivity contribution in [2.45, 2.75) is 26.7 Å². The van der Waals surface area contributed by atoms with Gasteiger partial charge in [0.05, 0.1) is 12.3 Å². The van der Waals surface area contributed by atoms with Crippen molar-refractivity contribution in [2.75, 3.05) is 6.61 Å². The van der Waals surface area contributed by atoms with Crippen LogP contribution in [0, 0.1) is 0 Å². The molecule has 0 atom stereocenters. The van der Waals surface area contributed by atoms with Gasteiger partial charge in [-0.15, -0.1) is 0 Å². The third-order valence-electron chi connectivity index (χ3n) is 2.73. The largest absolute Gasteiger partial charge is 0.460 e. The zero-order valence-corrected chi connectivity index (χ0v) is 13.2. The molecule has 1 aromatic carbocycles. The number of ether oxygens (including phenoxy) is 1. The molecule has 1 heterocycles. The number of halogens is 1. The number of nitrogens with zero attached hydrogens (tertiary/aromatic N) is 1. The van der Waals surface area contributed by atoms with Gasteiger partial charge in [-0.05, 0) is 31.0 Å². The third-order valence-corrected chi connectivity index (χ3v) is 3.23. The molecule has 0 N–H and O–H groups in total. The Bertz CT molecular complexity index is 619. The SMILES string of the molecule is CCOC(=O)c1oc(-c2cccc(Br)c2)nc1C(C)C. The van der Waals surface area contributed by atoms with E-state index in [1.165, 1.54) is 0 Å².